The van der Waals surface area contributed by atoms with Crippen molar-refractivity contribution in [3.05, 3.63) is 90.3 Å². The van der Waals surface area contributed by atoms with Gasteiger partial charge in [-0.2, -0.15) is 5.10 Å². The standard InChI is InChI=1S/C22H16F2N4O2S/c23-15-5-3-14(4-6-15)12-21(29)27-22(31)26-16-7-8-19(17(24)13-16)30-20-9-10-25-28-11-1-2-18(20)28/h1-11,13H,12H2,(H2,26,27,29,31). The summed E-state index contributed by atoms with van der Waals surface area (Å²) in [5, 5.41) is 9.41. The molecule has 1 amide bonds. The minimum Gasteiger partial charge on any atom is -0.452 e. The second-order valence-electron chi connectivity index (χ2n) is 6.59. The minimum absolute atomic E-state index is 0.0178. The summed E-state index contributed by atoms with van der Waals surface area (Å²) in [5.41, 5.74) is 1.69. The van der Waals surface area contributed by atoms with Crippen LogP contribution in [0.4, 0.5) is 14.5 Å². The SMILES string of the molecule is O=C(Cc1ccc(F)cc1)NC(=S)Nc1ccc(Oc2ccnn3cccc23)c(F)c1. The van der Waals surface area contributed by atoms with Crippen LogP contribution in [0.1, 0.15) is 5.56 Å². The first-order valence-corrected chi connectivity index (χ1v) is 9.64. The molecule has 0 fully saturated rings. The Morgan fingerprint density at radius 1 is 1.06 bits per heavy atom. The summed E-state index contributed by atoms with van der Waals surface area (Å²) in [6.45, 7) is 0. The average molecular weight is 438 g/mol. The van der Waals surface area contributed by atoms with Crippen LogP contribution in [-0.4, -0.2) is 20.6 Å². The lowest BCUT2D eigenvalue weighted by molar-refractivity contribution is -0.119. The van der Waals surface area contributed by atoms with E-state index < -0.39 is 5.82 Å². The van der Waals surface area contributed by atoms with Crippen molar-refractivity contribution in [2.75, 3.05) is 5.32 Å². The van der Waals surface area contributed by atoms with Gasteiger partial charge in [0.05, 0.1) is 12.6 Å². The Kier molecular flexibility index (Phi) is 5.85. The van der Waals surface area contributed by atoms with E-state index in [1.807, 2.05) is 12.1 Å². The van der Waals surface area contributed by atoms with E-state index in [1.165, 1.54) is 36.4 Å². The summed E-state index contributed by atoms with van der Waals surface area (Å²) in [6, 6.07) is 15.1. The van der Waals surface area contributed by atoms with Gasteiger partial charge in [0.25, 0.3) is 0 Å². The molecule has 0 aliphatic rings. The van der Waals surface area contributed by atoms with E-state index in [0.29, 0.717) is 22.5 Å². The van der Waals surface area contributed by atoms with Crippen LogP contribution in [0.5, 0.6) is 11.5 Å². The first-order valence-electron chi connectivity index (χ1n) is 9.23. The highest BCUT2D eigenvalue weighted by Gasteiger charge is 2.11. The number of thiocarbonyl (C=S) groups is 1. The first-order chi connectivity index (χ1) is 15.0. The lowest BCUT2D eigenvalue weighted by atomic mass is 10.1. The predicted octanol–water partition coefficient (Wildman–Crippen LogP) is 4.46. The Hall–Kier alpha value is -3.85. The van der Waals surface area contributed by atoms with Crippen molar-refractivity contribution in [1.29, 1.82) is 0 Å². The van der Waals surface area contributed by atoms with Crippen LogP contribution < -0.4 is 15.4 Å². The second kappa shape index (κ2) is 8.88. The number of hydrogen-bond donors (Lipinski definition) is 2. The maximum atomic E-state index is 14.5. The number of carbonyl (C=O) groups excluding carboxylic acids is 1. The Morgan fingerprint density at radius 3 is 2.65 bits per heavy atom. The molecule has 0 saturated heterocycles. The molecule has 0 spiro atoms. The van der Waals surface area contributed by atoms with Crippen molar-refractivity contribution in [1.82, 2.24) is 14.9 Å². The Balaban J connectivity index is 1.37. The third-order valence-electron chi connectivity index (χ3n) is 4.34. The molecule has 2 N–H and O–H groups in total. The molecule has 6 nitrogen and oxygen atoms in total. The molecule has 2 aromatic carbocycles. The highest BCUT2D eigenvalue weighted by molar-refractivity contribution is 7.80. The Labute approximate surface area is 181 Å². The van der Waals surface area contributed by atoms with Gasteiger partial charge in [0, 0.05) is 24.0 Å². The van der Waals surface area contributed by atoms with E-state index in [0.717, 1.165) is 0 Å². The number of hydrogen-bond acceptors (Lipinski definition) is 4. The number of nitrogens with one attached hydrogen (secondary N) is 2. The maximum Gasteiger partial charge on any atom is 0.230 e. The lowest BCUT2D eigenvalue weighted by Gasteiger charge is -2.12. The fraction of sp³-hybridized carbons (Fsp3) is 0.0455. The van der Waals surface area contributed by atoms with Crippen molar-refractivity contribution >= 4 is 34.4 Å². The van der Waals surface area contributed by atoms with Crippen LogP contribution >= 0.6 is 12.2 Å². The third-order valence-corrected chi connectivity index (χ3v) is 4.54. The van der Waals surface area contributed by atoms with Gasteiger partial charge >= 0.3 is 0 Å². The number of benzene rings is 2. The summed E-state index contributed by atoms with van der Waals surface area (Å²) < 4.78 is 34.8. The summed E-state index contributed by atoms with van der Waals surface area (Å²) in [6.07, 6.45) is 3.35. The predicted molar refractivity (Wildman–Crippen MR) is 116 cm³/mol. The zero-order chi connectivity index (χ0) is 21.8. The number of nitrogens with zero attached hydrogens (tertiary/aromatic N) is 2. The van der Waals surface area contributed by atoms with Crippen molar-refractivity contribution in [2.24, 2.45) is 0 Å². The van der Waals surface area contributed by atoms with Crippen molar-refractivity contribution < 1.29 is 18.3 Å². The minimum atomic E-state index is -0.605. The zero-order valence-corrected chi connectivity index (χ0v) is 16.8. The maximum absolute atomic E-state index is 14.5. The van der Waals surface area contributed by atoms with Crippen LogP contribution in [0.25, 0.3) is 5.52 Å². The number of halogens is 2. The summed E-state index contributed by atoms with van der Waals surface area (Å²) in [4.78, 5) is 12.1. The van der Waals surface area contributed by atoms with E-state index in [2.05, 4.69) is 15.7 Å². The number of carbonyl (C=O) groups is 1. The summed E-state index contributed by atoms with van der Waals surface area (Å²) in [7, 11) is 0. The van der Waals surface area contributed by atoms with Crippen molar-refractivity contribution in [3.8, 4) is 11.5 Å². The molecule has 0 radical (unpaired) electrons. The molecule has 4 aromatic rings. The third kappa shape index (κ3) is 5.01. The van der Waals surface area contributed by atoms with Gasteiger partial charge in [0.2, 0.25) is 5.91 Å². The first kappa shape index (κ1) is 20.4. The van der Waals surface area contributed by atoms with Gasteiger partial charge in [-0.25, -0.2) is 13.3 Å². The molecular formula is C22H16F2N4O2S. The van der Waals surface area contributed by atoms with E-state index >= 15 is 0 Å². The number of fused-ring (bicyclic) bond motifs is 1. The highest BCUT2D eigenvalue weighted by Crippen LogP contribution is 2.29. The van der Waals surface area contributed by atoms with Crippen LogP contribution in [-0.2, 0) is 11.2 Å². The van der Waals surface area contributed by atoms with E-state index in [9.17, 15) is 13.6 Å². The topological polar surface area (TPSA) is 67.7 Å². The van der Waals surface area contributed by atoms with Crippen LogP contribution in [0.3, 0.4) is 0 Å². The van der Waals surface area contributed by atoms with Gasteiger partial charge < -0.3 is 15.4 Å². The van der Waals surface area contributed by atoms with Gasteiger partial charge in [-0.3, -0.25) is 4.79 Å². The van der Waals surface area contributed by atoms with Crippen LogP contribution in [0.15, 0.2) is 73.1 Å². The average Bonchev–Trinajstić information content (AvgIpc) is 3.21. The largest absolute Gasteiger partial charge is 0.452 e. The smallest absolute Gasteiger partial charge is 0.230 e. The van der Waals surface area contributed by atoms with Gasteiger partial charge in [-0.15, -0.1) is 0 Å². The van der Waals surface area contributed by atoms with Gasteiger partial charge in [0.1, 0.15) is 11.3 Å². The lowest BCUT2D eigenvalue weighted by Crippen LogP contribution is -2.35. The Bertz CT molecular complexity index is 1260. The van der Waals surface area contributed by atoms with Gasteiger partial charge in [-0.1, -0.05) is 12.1 Å². The molecule has 0 bridgehead atoms. The number of rotatable bonds is 5. The number of aromatic nitrogens is 2. The molecule has 0 aliphatic carbocycles. The van der Waals surface area contributed by atoms with Gasteiger partial charge in [0.15, 0.2) is 22.4 Å². The molecule has 156 valence electrons. The second-order valence-corrected chi connectivity index (χ2v) is 6.99. The molecule has 0 saturated carbocycles. The summed E-state index contributed by atoms with van der Waals surface area (Å²) in [5.74, 6) is -0.864. The molecule has 2 heterocycles. The molecule has 0 aliphatic heterocycles. The van der Waals surface area contributed by atoms with Crippen molar-refractivity contribution in [3.63, 3.8) is 0 Å². The van der Waals surface area contributed by atoms with E-state index in [4.69, 9.17) is 17.0 Å². The van der Waals surface area contributed by atoms with E-state index in [-0.39, 0.29) is 29.0 Å². The number of anilines is 1. The fourth-order valence-corrected chi connectivity index (χ4v) is 3.14. The quantitative estimate of drug-likeness (QED) is 0.451. The summed E-state index contributed by atoms with van der Waals surface area (Å²) >= 11 is 5.11. The van der Waals surface area contributed by atoms with Crippen LogP contribution in [0, 0.1) is 11.6 Å². The van der Waals surface area contributed by atoms with E-state index in [1.54, 1.807) is 29.0 Å². The van der Waals surface area contributed by atoms with Crippen molar-refractivity contribution in [2.45, 2.75) is 6.42 Å². The molecular weight excluding hydrogens is 422 g/mol. The van der Waals surface area contributed by atoms with Crippen LogP contribution in [0.2, 0.25) is 0 Å². The normalized spacial score (nSPS) is 10.6. The van der Waals surface area contributed by atoms with Gasteiger partial charge in [-0.05, 0) is 54.2 Å². The molecule has 2 aromatic heterocycles. The molecule has 4 rings (SSSR count). The monoisotopic (exact) mass is 438 g/mol. The fourth-order valence-electron chi connectivity index (χ4n) is 2.91. The zero-order valence-electron chi connectivity index (χ0n) is 16.0. The molecule has 31 heavy (non-hydrogen) atoms. The molecule has 0 atom stereocenters. The molecule has 9 heteroatoms. The molecule has 0 unspecified atom stereocenters. The number of amides is 1. The Morgan fingerprint density at radius 2 is 1.87 bits per heavy atom. The highest BCUT2D eigenvalue weighted by atomic mass is 32.1. The number of ether oxygens (including phenoxy) is 1.